The van der Waals surface area contributed by atoms with Crippen LogP contribution in [0.3, 0.4) is 0 Å². The van der Waals surface area contributed by atoms with E-state index < -0.39 is 0 Å². The quantitative estimate of drug-likeness (QED) is 0.798. The van der Waals surface area contributed by atoms with Crippen molar-refractivity contribution in [3.05, 3.63) is 29.3 Å². The molecule has 0 radical (unpaired) electrons. The van der Waals surface area contributed by atoms with Crippen LogP contribution < -0.4 is 5.32 Å². The zero-order chi connectivity index (χ0) is 12.1. The highest BCUT2D eigenvalue weighted by Gasteiger charge is 2.10. The first-order valence-electron chi connectivity index (χ1n) is 6.07. The van der Waals surface area contributed by atoms with Crippen LogP contribution >= 0.6 is 0 Å². The Bertz CT molecular complexity index is 336. The number of phenolic OH excluding ortho intramolecular Hbond substituents is 1. The van der Waals surface area contributed by atoms with Gasteiger partial charge in [0.05, 0.1) is 0 Å². The van der Waals surface area contributed by atoms with Gasteiger partial charge in [-0.2, -0.15) is 0 Å². The lowest BCUT2D eigenvalue weighted by Gasteiger charge is -2.18. The van der Waals surface area contributed by atoms with Crippen LogP contribution in [-0.4, -0.2) is 11.7 Å². The fourth-order valence-corrected chi connectivity index (χ4v) is 1.65. The Balaban J connectivity index is 2.62. The summed E-state index contributed by atoms with van der Waals surface area (Å²) in [7, 11) is 0. The maximum Gasteiger partial charge on any atom is 0.120 e. The van der Waals surface area contributed by atoms with Gasteiger partial charge in [-0.05, 0) is 37.9 Å². The number of hydrogen-bond acceptors (Lipinski definition) is 2. The third kappa shape index (κ3) is 3.53. The summed E-state index contributed by atoms with van der Waals surface area (Å²) >= 11 is 0. The number of rotatable bonds is 5. The van der Waals surface area contributed by atoms with Crippen LogP contribution in [0.5, 0.6) is 5.75 Å². The summed E-state index contributed by atoms with van der Waals surface area (Å²) in [5, 5.41) is 13.3. The fourth-order valence-electron chi connectivity index (χ4n) is 1.65. The summed E-state index contributed by atoms with van der Waals surface area (Å²) < 4.78 is 0. The molecule has 0 spiro atoms. The van der Waals surface area contributed by atoms with E-state index in [-0.39, 0.29) is 6.04 Å². The monoisotopic (exact) mass is 221 g/mol. The molecule has 1 aromatic carbocycles. The van der Waals surface area contributed by atoms with Crippen molar-refractivity contribution >= 4 is 0 Å². The molecule has 0 aliphatic rings. The number of hydrogen-bond donors (Lipinski definition) is 2. The molecule has 2 unspecified atom stereocenters. The summed E-state index contributed by atoms with van der Waals surface area (Å²) in [4.78, 5) is 0. The zero-order valence-electron chi connectivity index (χ0n) is 10.7. The number of aromatic hydroxyl groups is 1. The van der Waals surface area contributed by atoms with Crippen LogP contribution in [-0.2, 0) is 0 Å². The lowest BCUT2D eigenvalue weighted by Crippen LogP contribution is -2.24. The van der Waals surface area contributed by atoms with Gasteiger partial charge in [0, 0.05) is 11.6 Å². The average molecular weight is 221 g/mol. The summed E-state index contributed by atoms with van der Waals surface area (Å²) in [5.41, 5.74) is 2.07. The smallest absolute Gasteiger partial charge is 0.120 e. The van der Waals surface area contributed by atoms with Gasteiger partial charge in [-0.1, -0.05) is 32.4 Å². The molecule has 2 nitrogen and oxygen atoms in total. The van der Waals surface area contributed by atoms with Gasteiger partial charge in [0.15, 0.2) is 0 Å². The van der Waals surface area contributed by atoms with Gasteiger partial charge in [-0.15, -0.1) is 0 Å². The van der Waals surface area contributed by atoms with E-state index >= 15 is 0 Å². The molecule has 2 N–H and O–H groups in total. The minimum atomic E-state index is 0.203. The number of phenols is 1. The van der Waals surface area contributed by atoms with Crippen LogP contribution in [0.4, 0.5) is 0 Å². The molecule has 1 aromatic rings. The summed E-state index contributed by atoms with van der Waals surface area (Å²) in [6, 6.07) is 6.06. The van der Waals surface area contributed by atoms with E-state index in [2.05, 4.69) is 26.1 Å². The summed E-state index contributed by atoms with van der Waals surface area (Å²) in [6.07, 6.45) is 1.18. The maximum atomic E-state index is 9.84. The van der Waals surface area contributed by atoms with Crippen LogP contribution in [0.2, 0.25) is 0 Å². The Labute approximate surface area is 98.7 Å². The first kappa shape index (κ1) is 13.0. The van der Waals surface area contributed by atoms with E-state index in [4.69, 9.17) is 0 Å². The lowest BCUT2D eigenvalue weighted by molar-refractivity contribution is 0.431. The molecule has 0 aromatic heterocycles. The summed E-state index contributed by atoms with van der Waals surface area (Å²) in [6.45, 7) is 9.49. The topological polar surface area (TPSA) is 32.3 Å². The van der Waals surface area contributed by atoms with Crippen molar-refractivity contribution in [2.75, 3.05) is 6.54 Å². The van der Waals surface area contributed by atoms with Gasteiger partial charge < -0.3 is 10.4 Å². The van der Waals surface area contributed by atoms with E-state index in [0.29, 0.717) is 11.7 Å². The van der Waals surface area contributed by atoms with Crippen molar-refractivity contribution in [1.29, 1.82) is 0 Å². The summed E-state index contributed by atoms with van der Waals surface area (Å²) in [5.74, 6) is 1.07. The Kier molecular flexibility index (Phi) is 4.81. The van der Waals surface area contributed by atoms with Gasteiger partial charge >= 0.3 is 0 Å². The molecule has 16 heavy (non-hydrogen) atoms. The van der Waals surface area contributed by atoms with Crippen LogP contribution in [0.15, 0.2) is 18.2 Å². The van der Waals surface area contributed by atoms with Crippen molar-refractivity contribution in [3.8, 4) is 5.75 Å². The van der Waals surface area contributed by atoms with Gasteiger partial charge in [0.2, 0.25) is 0 Å². The lowest BCUT2D eigenvalue weighted by atomic mass is 10.0. The second-order valence-electron chi connectivity index (χ2n) is 4.71. The molecule has 0 saturated carbocycles. The molecule has 2 heteroatoms. The molecular formula is C14H23NO. The first-order valence-corrected chi connectivity index (χ1v) is 6.07. The highest BCUT2D eigenvalue weighted by atomic mass is 16.3. The Morgan fingerprint density at radius 1 is 1.31 bits per heavy atom. The fraction of sp³-hybridized carbons (Fsp3) is 0.571. The Morgan fingerprint density at radius 3 is 2.56 bits per heavy atom. The van der Waals surface area contributed by atoms with Crippen molar-refractivity contribution in [2.45, 2.75) is 40.2 Å². The minimum absolute atomic E-state index is 0.203. The average Bonchev–Trinajstić information content (AvgIpc) is 2.25. The zero-order valence-corrected chi connectivity index (χ0v) is 10.7. The largest absolute Gasteiger partial charge is 0.508 e. The Morgan fingerprint density at radius 2 is 2.00 bits per heavy atom. The number of nitrogens with one attached hydrogen (secondary N) is 1. The number of aryl methyl sites for hydroxylation is 1. The van der Waals surface area contributed by atoms with Crippen LogP contribution in [0.1, 0.15) is 44.4 Å². The van der Waals surface area contributed by atoms with Crippen molar-refractivity contribution < 1.29 is 5.11 Å². The third-order valence-corrected chi connectivity index (χ3v) is 3.12. The normalized spacial score (nSPS) is 14.8. The molecule has 0 amide bonds. The van der Waals surface area contributed by atoms with Crippen molar-refractivity contribution in [3.63, 3.8) is 0 Å². The van der Waals surface area contributed by atoms with Crippen molar-refractivity contribution in [1.82, 2.24) is 5.32 Å². The molecule has 2 atom stereocenters. The highest BCUT2D eigenvalue weighted by Crippen LogP contribution is 2.24. The van der Waals surface area contributed by atoms with E-state index in [1.807, 2.05) is 25.1 Å². The molecule has 0 bridgehead atoms. The molecule has 0 aliphatic carbocycles. The van der Waals surface area contributed by atoms with Gasteiger partial charge in [-0.3, -0.25) is 0 Å². The minimum Gasteiger partial charge on any atom is -0.508 e. The predicted octanol–water partition coefficient (Wildman–Crippen LogP) is 3.40. The van der Waals surface area contributed by atoms with Gasteiger partial charge in [-0.25, -0.2) is 0 Å². The van der Waals surface area contributed by atoms with Gasteiger partial charge in [0.25, 0.3) is 0 Å². The molecule has 0 aliphatic heterocycles. The van der Waals surface area contributed by atoms with Gasteiger partial charge in [0.1, 0.15) is 5.75 Å². The Hall–Kier alpha value is -1.02. The van der Waals surface area contributed by atoms with Crippen molar-refractivity contribution in [2.24, 2.45) is 5.92 Å². The molecule has 0 fully saturated rings. The molecule has 0 heterocycles. The van der Waals surface area contributed by atoms with Crippen LogP contribution in [0.25, 0.3) is 0 Å². The third-order valence-electron chi connectivity index (χ3n) is 3.12. The molecule has 90 valence electrons. The van der Waals surface area contributed by atoms with E-state index in [1.165, 1.54) is 6.42 Å². The SMILES string of the molecule is CCC(C)CNC(C)c1ccc(C)cc1O. The maximum absolute atomic E-state index is 9.84. The highest BCUT2D eigenvalue weighted by molar-refractivity contribution is 5.37. The molecule has 0 saturated heterocycles. The second kappa shape index (κ2) is 5.90. The standard InChI is InChI=1S/C14H23NO/c1-5-10(2)9-15-12(4)13-7-6-11(3)8-14(13)16/h6-8,10,12,15-16H,5,9H2,1-4H3. The van der Waals surface area contributed by atoms with E-state index in [9.17, 15) is 5.11 Å². The molecule has 1 rings (SSSR count). The first-order chi connectivity index (χ1) is 7.54. The van der Waals surface area contributed by atoms with Crippen LogP contribution in [0, 0.1) is 12.8 Å². The number of benzene rings is 1. The second-order valence-corrected chi connectivity index (χ2v) is 4.71. The van der Waals surface area contributed by atoms with E-state index in [0.717, 1.165) is 17.7 Å². The predicted molar refractivity (Wildman–Crippen MR) is 68.7 cm³/mol. The van der Waals surface area contributed by atoms with E-state index in [1.54, 1.807) is 0 Å². The molecular weight excluding hydrogens is 198 g/mol.